The monoisotopic (exact) mass is 248 g/mol. The maximum absolute atomic E-state index is 3.58. The quantitative estimate of drug-likeness (QED) is 0.822. The fraction of sp³-hybridized carbons (Fsp3) is 0.429. The van der Waals surface area contributed by atoms with Crippen LogP contribution in [0.1, 0.15) is 36.9 Å². The summed E-state index contributed by atoms with van der Waals surface area (Å²) in [6, 6.07) is 9.05. The molecule has 0 fully saturated rings. The van der Waals surface area contributed by atoms with Gasteiger partial charge in [-0.3, -0.25) is 0 Å². The van der Waals surface area contributed by atoms with E-state index in [0.717, 1.165) is 13.1 Å². The van der Waals surface area contributed by atoms with Crippen LogP contribution in [0.2, 0.25) is 0 Å². The molecular weight excluding hydrogens is 228 g/mol. The number of aromatic nitrogens is 1. The molecule has 0 aromatic carbocycles. The maximum atomic E-state index is 3.58. The third kappa shape index (κ3) is 3.20. The van der Waals surface area contributed by atoms with Crippen LogP contribution in [0.25, 0.3) is 0 Å². The lowest BCUT2D eigenvalue weighted by Gasteiger charge is -2.13. The zero-order valence-corrected chi connectivity index (χ0v) is 11.3. The molecular formula is C14H20N2S. The Morgan fingerprint density at radius 1 is 1.35 bits per heavy atom. The molecule has 17 heavy (non-hydrogen) atoms. The molecule has 0 aliphatic carbocycles. The van der Waals surface area contributed by atoms with Gasteiger partial charge in [-0.1, -0.05) is 13.0 Å². The lowest BCUT2D eigenvalue weighted by atomic mass is 10.2. The Kier molecular flexibility index (Phi) is 4.40. The van der Waals surface area contributed by atoms with Crippen LogP contribution in [0.5, 0.6) is 0 Å². The first-order valence-corrected chi connectivity index (χ1v) is 7.10. The van der Waals surface area contributed by atoms with Crippen LogP contribution in [-0.4, -0.2) is 4.57 Å². The fourth-order valence-electron chi connectivity index (χ4n) is 1.96. The van der Waals surface area contributed by atoms with Gasteiger partial charge in [0.2, 0.25) is 0 Å². The number of hydrogen-bond donors (Lipinski definition) is 1. The molecule has 0 saturated carbocycles. The topological polar surface area (TPSA) is 17.0 Å². The van der Waals surface area contributed by atoms with Gasteiger partial charge in [-0.15, -0.1) is 11.3 Å². The number of nitrogens with one attached hydrogen (secondary N) is 1. The van der Waals surface area contributed by atoms with Gasteiger partial charge in [0.1, 0.15) is 0 Å². The van der Waals surface area contributed by atoms with Crippen LogP contribution in [0, 0.1) is 0 Å². The lowest BCUT2D eigenvalue weighted by molar-refractivity contribution is 0.547. The third-order valence-corrected chi connectivity index (χ3v) is 4.00. The average Bonchev–Trinajstić information content (AvgIpc) is 2.97. The van der Waals surface area contributed by atoms with Crippen LogP contribution >= 0.6 is 11.3 Å². The van der Waals surface area contributed by atoms with Gasteiger partial charge in [0, 0.05) is 35.9 Å². The second-order valence-corrected chi connectivity index (χ2v) is 5.29. The first-order chi connectivity index (χ1) is 8.31. The summed E-state index contributed by atoms with van der Waals surface area (Å²) in [6.07, 6.45) is 3.35. The molecule has 0 aliphatic rings. The van der Waals surface area contributed by atoms with Crippen molar-refractivity contribution in [2.24, 2.45) is 0 Å². The van der Waals surface area contributed by atoms with Gasteiger partial charge in [-0.2, -0.15) is 0 Å². The van der Waals surface area contributed by atoms with E-state index in [1.165, 1.54) is 17.0 Å². The van der Waals surface area contributed by atoms with Crippen molar-refractivity contribution in [3.63, 3.8) is 0 Å². The molecule has 2 aromatic heterocycles. The van der Waals surface area contributed by atoms with E-state index in [0.29, 0.717) is 6.04 Å². The molecule has 0 saturated heterocycles. The predicted octanol–water partition coefficient (Wildman–Crippen LogP) is 3.81. The fourth-order valence-corrected chi connectivity index (χ4v) is 2.72. The van der Waals surface area contributed by atoms with Crippen LogP contribution in [0.3, 0.4) is 0 Å². The summed E-state index contributed by atoms with van der Waals surface area (Å²) in [5.74, 6) is 0. The number of aryl methyl sites for hydroxylation is 1. The number of thiophene rings is 1. The van der Waals surface area contributed by atoms with Crippen molar-refractivity contribution in [3.8, 4) is 0 Å². The van der Waals surface area contributed by atoms with Gasteiger partial charge in [0.15, 0.2) is 0 Å². The molecule has 3 heteroatoms. The Bertz CT molecular complexity index is 431. The van der Waals surface area contributed by atoms with E-state index in [4.69, 9.17) is 0 Å². The van der Waals surface area contributed by atoms with Crippen molar-refractivity contribution in [1.82, 2.24) is 9.88 Å². The van der Waals surface area contributed by atoms with E-state index in [-0.39, 0.29) is 0 Å². The zero-order valence-electron chi connectivity index (χ0n) is 10.5. The van der Waals surface area contributed by atoms with Crippen molar-refractivity contribution >= 4 is 11.3 Å². The van der Waals surface area contributed by atoms with Gasteiger partial charge in [0.25, 0.3) is 0 Å². The molecule has 0 aliphatic heterocycles. The average molecular weight is 248 g/mol. The summed E-state index contributed by atoms with van der Waals surface area (Å²) in [7, 11) is 0. The highest BCUT2D eigenvalue weighted by Crippen LogP contribution is 2.18. The molecule has 92 valence electrons. The van der Waals surface area contributed by atoms with Crippen molar-refractivity contribution in [1.29, 1.82) is 0 Å². The largest absolute Gasteiger partial charge is 0.350 e. The van der Waals surface area contributed by atoms with Crippen LogP contribution in [0.4, 0.5) is 0 Å². The molecule has 0 spiro atoms. The summed E-state index contributed by atoms with van der Waals surface area (Å²) in [5.41, 5.74) is 1.37. The number of hydrogen-bond acceptors (Lipinski definition) is 2. The molecule has 0 amide bonds. The van der Waals surface area contributed by atoms with Gasteiger partial charge >= 0.3 is 0 Å². The van der Waals surface area contributed by atoms with E-state index >= 15 is 0 Å². The summed E-state index contributed by atoms with van der Waals surface area (Å²) in [6.45, 7) is 6.48. The third-order valence-electron chi connectivity index (χ3n) is 2.95. The molecule has 0 bridgehead atoms. The summed E-state index contributed by atoms with van der Waals surface area (Å²) in [4.78, 5) is 1.40. The normalized spacial score (nSPS) is 12.8. The molecule has 1 N–H and O–H groups in total. The van der Waals surface area contributed by atoms with E-state index in [1.54, 1.807) is 0 Å². The van der Waals surface area contributed by atoms with Gasteiger partial charge < -0.3 is 9.88 Å². The molecule has 2 aromatic rings. The van der Waals surface area contributed by atoms with Crippen molar-refractivity contribution < 1.29 is 0 Å². The summed E-state index contributed by atoms with van der Waals surface area (Å²) < 4.78 is 2.33. The van der Waals surface area contributed by atoms with Crippen molar-refractivity contribution in [3.05, 3.63) is 46.4 Å². The van der Waals surface area contributed by atoms with Crippen LogP contribution in [0.15, 0.2) is 35.8 Å². The molecule has 1 atom stereocenters. The SMILES string of the molecule is CCCn1cccc1CN[C@@H](C)c1cccs1. The standard InChI is InChI=1S/C14H20N2S/c1-3-8-16-9-4-6-13(16)11-15-12(2)14-7-5-10-17-14/h4-7,9-10,12,15H,3,8,11H2,1-2H3/t12-/m0/s1. The second kappa shape index (κ2) is 6.03. The Hall–Kier alpha value is -1.06. The van der Waals surface area contributed by atoms with Crippen LogP contribution < -0.4 is 5.32 Å². The second-order valence-electron chi connectivity index (χ2n) is 4.31. The van der Waals surface area contributed by atoms with Crippen LogP contribution in [-0.2, 0) is 13.1 Å². The Labute approximate surface area is 107 Å². The maximum Gasteiger partial charge on any atom is 0.0389 e. The van der Waals surface area contributed by atoms with Crippen molar-refractivity contribution in [2.45, 2.75) is 39.4 Å². The molecule has 2 rings (SSSR count). The zero-order chi connectivity index (χ0) is 12.1. The minimum Gasteiger partial charge on any atom is -0.350 e. The smallest absolute Gasteiger partial charge is 0.0389 e. The predicted molar refractivity (Wildman–Crippen MR) is 74.3 cm³/mol. The first kappa shape index (κ1) is 12.4. The highest BCUT2D eigenvalue weighted by Gasteiger charge is 2.06. The minimum absolute atomic E-state index is 0.431. The summed E-state index contributed by atoms with van der Waals surface area (Å²) in [5, 5.41) is 5.71. The lowest BCUT2D eigenvalue weighted by Crippen LogP contribution is -2.19. The van der Waals surface area contributed by atoms with Gasteiger partial charge in [-0.05, 0) is 36.9 Å². The minimum atomic E-state index is 0.431. The van der Waals surface area contributed by atoms with E-state index in [1.807, 2.05) is 11.3 Å². The molecule has 0 unspecified atom stereocenters. The van der Waals surface area contributed by atoms with Gasteiger partial charge in [-0.25, -0.2) is 0 Å². The van der Waals surface area contributed by atoms with Crippen molar-refractivity contribution in [2.75, 3.05) is 0 Å². The summed E-state index contributed by atoms with van der Waals surface area (Å²) >= 11 is 1.81. The van der Waals surface area contributed by atoms with E-state index in [2.05, 4.69) is 59.6 Å². The van der Waals surface area contributed by atoms with E-state index in [9.17, 15) is 0 Å². The van der Waals surface area contributed by atoms with Gasteiger partial charge in [0.05, 0.1) is 0 Å². The highest BCUT2D eigenvalue weighted by atomic mass is 32.1. The first-order valence-electron chi connectivity index (χ1n) is 6.22. The number of nitrogens with zero attached hydrogens (tertiary/aromatic N) is 1. The Balaban J connectivity index is 1.91. The Morgan fingerprint density at radius 3 is 2.94 bits per heavy atom. The molecule has 2 nitrogen and oxygen atoms in total. The highest BCUT2D eigenvalue weighted by molar-refractivity contribution is 7.10. The molecule has 0 radical (unpaired) electrons. The Morgan fingerprint density at radius 2 is 2.24 bits per heavy atom. The molecule has 2 heterocycles. The van der Waals surface area contributed by atoms with E-state index < -0.39 is 0 Å². The number of rotatable bonds is 6.